The molecule has 3 nitrogen and oxygen atoms in total. The summed E-state index contributed by atoms with van der Waals surface area (Å²) < 4.78 is 0. The molecule has 0 saturated carbocycles. The Labute approximate surface area is 337 Å². The molecule has 2 heterocycles. The lowest BCUT2D eigenvalue weighted by Gasteiger charge is -2.20. The Morgan fingerprint density at radius 2 is 1.02 bits per heavy atom. The summed E-state index contributed by atoms with van der Waals surface area (Å²) in [5, 5.41) is 9.83. The molecule has 0 spiro atoms. The number of fused-ring (bicyclic) bond motifs is 5. The zero-order chi connectivity index (χ0) is 38.4. The maximum absolute atomic E-state index is 5.44. The van der Waals surface area contributed by atoms with E-state index in [-0.39, 0.29) is 0 Å². The molecule has 0 atom stereocenters. The number of aromatic nitrogens is 3. The molecule has 0 fully saturated rings. The molecule has 0 saturated heterocycles. The van der Waals surface area contributed by atoms with Gasteiger partial charge in [-0.2, -0.15) is 0 Å². The second-order valence-corrected chi connectivity index (χ2v) is 15.1. The van der Waals surface area contributed by atoms with E-state index in [4.69, 9.17) is 9.97 Å². The molecular formula is C55H37N3. The highest BCUT2D eigenvalue weighted by Gasteiger charge is 2.20. The third-order valence-corrected chi connectivity index (χ3v) is 11.6. The summed E-state index contributed by atoms with van der Waals surface area (Å²) in [6.45, 7) is 0. The van der Waals surface area contributed by atoms with Crippen LogP contribution in [0, 0.1) is 0 Å². The van der Waals surface area contributed by atoms with Crippen LogP contribution in [-0.2, 0) is 0 Å². The summed E-state index contributed by atoms with van der Waals surface area (Å²) in [5.74, 6) is 0.683. The van der Waals surface area contributed by atoms with E-state index >= 15 is 0 Å². The van der Waals surface area contributed by atoms with E-state index in [2.05, 4.69) is 187 Å². The Morgan fingerprint density at radius 1 is 0.414 bits per heavy atom. The Balaban J connectivity index is 1.14. The number of pyridine rings is 1. The number of allylic oxidation sites excluding steroid dienone is 4. The summed E-state index contributed by atoms with van der Waals surface area (Å²) in [6.07, 6.45) is 12.6. The van der Waals surface area contributed by atoms with Crippen molar-refractivity contribution < 1.29 is 0 Å². The average Bonchev–Trinajstić information content (AvgIpc) is 3.31. The first-order valence-corrected chi connectivity index (χ1v) is 20.0. The molecule has 3 heteroatoms. The molecule has 0 N–H and O–H groups in total. The van der Waals surface area contributed by atoms with Crippen molar-refractivity contribution in [3.05, 3.63) is 206 Å². The predicted octanol–water partition coefficient (Wildman–Crippen LogP) is 14.6. The second kappa shape index (κ2) is 14.2. The molecule has 0 bridgehead atoms. The predicted molar refractivity (Wildman–Crippen MR) is 243 cm³/mol. The van der Waals surface area contributed by atoms with Crippen LogP contribution in [-0.4, -0.2) is 15.0 Å². The highest BCUT2D eigenvalue weighted by Crippen LogP contribution is 2.44. The molecule has 1 aliphatic rings. The molecule has 2 aromatic heterocycles. The highest BCUT2D eigenvalue weighted by molar-refractivity contribution is 6.19. The summed E-state index contributed by atoms with van der Waals surface area (Å²) in [7, 11) is 0. The molecule has 10 aromatic rings. The molecule has 0 unspecified atom stereocenters. The van der Waals surface area contributed by atoms with Crippen molar-refractivity contribution in [2.45, 2.75) is 12.8 Å². The number of hydrogen-bond acceptors (Lipinski definition) is 3. The van der Waals surface area contributed by atoms with Gasteiger partial charge in [-0.05, 0) is 114 Å². The van der Waals surface area contributed by atoms with Crippen LogP contribution < -0.4 is 0 Å². The van der Waals surface area contributed by atoms with Gasteiger partial charge in [-0.1, -0.05) is 158 Å². The van der Waals surface area contributed by atoms with Crippen molar-refractivity contribution in [3.8, 4) is 56.2 Å². The van der Waals surface area contributed by atoms with E-state index in [0.717, 1.165) is 63.0 Å². The van der Waals surface area contributed by atoms with Crippen LogP contribution in [0.3, 0.4) is 0 Å². The first kappa shape index (κ1) is 33.8. The first-order valence-electron chi connectivity index (χ1n) is 20.0. The van der Waals surface area contributed by atoms with Gasteiger partial charge < -0.3 is 0 Å². The Hall–Kier alpha value is -7.49. The van der Waals surface area contributed by atoms with Gasteiger partial charge in [0, 0.05) is 34.6 Å². The van der Waals surface area contributed by atoms with Gasteiger partial charge in [0.2, 0.25) is 0 Å². The molecule has 272 valence electrons. The minimum atomic E-state index is 0.683. The van der Waals surface area contributed by atoms with Gasteiger partial charge >= 0.3 is 0 Å². The molecule has 11 rings (SSSR count). The highest BCUT2D eigenvalue weighted by atomic mass is 14.9. The third-order valence-electron chi connectivity index (χ3n) is 11.6. The monoisotopic (exact) mass is 739 g/mol. The molecule has 0 radical (unpaired) electrons. The molecular weight excluding hydrogens is 703 g/mol. The van der Waals surface area contributed by atoms with Gasteiger partial charge in [0.05, 0.1) is 11.4 Å². The lowest BCUT2D eigenvalue weighted by molar-refractivity contribution is 1.06. The maximum atomic E-state index is 5.44. The van der Waals surface area contributed by atoms with Crippen LogP contribution in [0.1, 0.15) is 18.4 Å². The van der Waals surface area contributed by atoms with E-state index in [1.165, 1.54) is 54.4 Å². The Kier molecular flexibility index (Phi) is 8.29. The van der Waals surface area contributed by atoms with Crippen LogP contribution in [0.15, 0.2) is 200 Å². The van der Waals surface area contributed by atoms with E-state index in [1.54, 1.807) is 0 Å². The van der Waals surface area contributed by atoms with E-state index < -0.39 is 0 Å². The zero-order valence-corrected chi connectivity index (χ0v) is 31.8. The fraction of sp³-hybridized carbons (Fsp3) is 0.0364. The van der Waals surface area contributed by atoms with E-state index in [0.29, 0.717) is 5.82 Å². The van der Waals surface area contributed by atoms with Gasteiger partial charge in [-0.3, -0.25) is 4.98 Å². The summed E-state index contributed by atoms with van der Waals surface area (Å²) >= 11 is 0. The third kappa shape index (κ3) is 5.88. The topological polar surface area (TPSA) is 38.7 Å². The summed E-state index contributed by atoms with van der Waals surface area (Å²) in [5.41, 5.74) is 12.1. The van der Waals surface area contributed by atoms with Crippen molar-refractivity contribution in [1.82, 2.24) is 15.0 Å². The molecule has 0 aliphatic heterocycles. The quantitative estimate of drug-likeness (QED) is 0.126. The van der Waals surface area contributed by atoms with Crippen molar-refractivity contribution in [1.29, 1.82) is 0 Å². The SMILES string of the molecule is C1=CCCC(c2c3ccccc3c(-c3cccc(-c4nc(-c5cccc(-c6cccnc6)c5)cc(-c5cc6ccccc6c6ccccc56)n4)c3)c3ccccc23)=C1. The number of benzene rings is 8. The largest absolute Gasteiger partial charge is 0.264 e. The minimum absolute atomic E-state index is 0.683. The Bertz CT molecular complexity index is 3230. The van der Waals surface area contributed by atoms with E-state index in [1.807, 2.05) is 18.5 Å². The maximum Gasteiger partial charge on any atom is 0.160 e. The second-order valence-electron chi connectivity index (χ2n) is 15.1. The van der Waals surface area contributed by atoms with Crippen molar-refractivity contribution in [2.75, 3.05) is 0 Å². The van der Waals surface area contributed by atoms with Gasteiger partial charge in [0.15, 0.2) is 5.82 Å². The average molecular weight is 740 g/mol. The normalized spacial score (nSPS) is 12.7. The van der Waals surface area contributed by atoms with Gasteiger partial charge in [-0.15, -0.1) is 0 Å². The van der Waals surface area contributed by atoms with Gasteiger partial charge in [0.25, 0.3) is 0 Å². The van der Waals surface area contributed by atoms with Crippen LogP contribution in [0.5, 0.6) is 0 Å². The number of nitrogens with zero attached hydrogens (tertiary/aromatic N) is 3. The first-order chi connectivity index (χ1) is 28.8. The van der Waals surface area contributed by atoms with Crippen LogP contribution in [0.25, 0.3) is 105 Å². The van der Waals surface area contributed by atoms with Crippen molar-refractivity contribution in [2.24, 2.45) is 0 Å². The minimum Gasteiger partial charge on any atom is -0.264 e. The fourth-order valence-corrected chi connectivity index (χ4v) is 8.93. The summed E-state index contributed by atoms with van der Waals surface area (Å²) in [6, 6.07) is 61.0. The lowest BCUT2D eigenvalue weighted by Crippen LogP contribution is -1.98. The summed E-state index contributed by atoms with van der Waals surface area (Å²) in [4.78, 5) is 15.2. The van der Waals surface area contributed by atoms with E-state index in [9.17, 15) is 0 Å². The fourth-order valence-electron chi connectivity index (χ4n) is 8.93. The van der Waals surface area contributed by atoms with Gasteiger partial charge in [0.1, 0.15) is 0 Å². The number of hydrogen-bond donors (Lipinski definition) is 0. The Morgan fingerprint density at radius 3 is 1.74 bits per heavy atom. The lowest BCUT2D eigenvalue weighted by atomic mass is 9.84. The standard InChI is InChI=1S/C55H37N3/c1-2-15-36(16-3-1)53-46-26-8-10-28-48(46)54(49-29-11-9-27-47(49)53)40-20-13-21-41(32-40)55-57-51(39-19-12-18-37(31-39)42-22-14-30-56-35-42)34-52(58-55)50-33-38-17-4-5-23-43(38)44-24-6-7-25-45(44)50/h1-2,4-15,17-35H,3,16H2. The van der Waals surface area contributed by atoms with Crippen molar-refractivity contribution in [3.63, 3.8) is 0 Å². The van der Waals surface area contributed by atoms with Crippen LogP contribution in [0.2, 0.25) is 0 Å². The molecule has 58 heavy (non-hydrogen) atoms. The number of rotatable bonds is 6. The van der Waals surface area contributed by atoms with Crippen LogP contribution >= 0.6 is 0 Å². The van der Waals surface area contributed by atoms with Gasteiger partial charge in [-0.25, -0.2) is 9.97 Å². The van der Waals surface area contributed by atoms with Crippen LogP contribution in [0.4, 0.5) is 0 Å². The van der Waals surface area contributed by atoms with Crippen molar-refractivity contribution >= 4 is 48.7 Å². The molecule has 8 aromatic carbocycles. The molecule has 1 aliphatic carbocycles. The smallest absolute Gasteiger partial charge is 0.160 e. The zero-order valence-electron chi connectivity index (χ0n) is 31.8. The molecule has 0 amide bonds.